The zero-order chi connectivity index (χ0) is 11.8. The molecule has 0 spiro atoms. The molecule has 4 N–H and O–H groups in total. The lowest BCUT2D eigenvalue weighted by atomic mass is 10.3. The summed E-state index contributed by atoms with van der Waals surface area (Å²) in [6, 6.07) is 0. The van der Waals surface area contributed by atoms with E-state index in [1.807, 2.05) is 0 Å². The zero-order valence-corrected chi connectivity index (χ0v) is 8.66. The first-order chi connectivity index (χ1) is 5.98. The molecule has 86 valence electrons. The van der Waals surface area contributed by atoms with Crippen molar-refractivity contribution >= 4 is 20.2 Å². The van der Waals surface area contributed by atoms with Crippen LogP contribution >= 0.6 is 0 Å². The van der Waals surface area contributed by atoms with E-state index in [9.17, 15) is 16.8 Å². The Labute approximate surface area is 80.7 Å². The molecule has 8 nitrogen and oxygen atoms in total. The van der Waals surface area contributed by atoms with Gasteiger partial charge in [0.05, 0.1) is 0 Å². The van der Waals surface area contributed by atoms with Crippen LogP contribution in [0.15, 0.2) is 0 Å². The second kappa shape index (κ2) is 3.72. The molecule has 0 aliphatic rings. The van der Waals surface area contributed by atoms with Crippen LogP contribution in [0.1, 0.15) is 13.3 Å². The second-order valence-corrected chi connectivity index (χ2v) is 5.91. The number of hydrogen-bond acceptors (Lipinski definition) is 6. The van der Waals surface area contributed by atoms with Gasteiger partial charge in [-0.25, -0.2) is 0 Å². The maximum atomic E-state index is 10.5. The molecule has 0 aromatic carbocycles. The van der Waals surface area contributed by atoms with Gasteiger partial charge in [0.15, 0.2) is 0 Å². The van der Waals surface area contributed by atoms with E-state index in [0.29, 0.717) is 0 Å². The smallest absolute Gasteiger partial charge is 0.344 e. The van der Waals surface area contributed by atoms with Gasteiger partial charge in [-0.1, -0.05) is 6.92 Å². The number of aliphatic hydroxyl groups excluding tert-OH is 1. The first kappa shape index (κ1) is 13.7. The SMILES string of the molecule is CCC(O)C(O)(S(=O)(=O)O)S(=O)(=O)O. The van der Waals surface area contributed by atoms with Crippen LogP contribution in [0.5, 0.6) is 0 Å². The molecule has 0 rings (SSSR count). The van der Waals surface area contributed by atoms with Crippen molar-refractivity contribution in [3.8, 4) is 0 Å². The highest BCUT2D eigenvalue weighted by molar-refractivity contribution is 8.05. The topological polar surface area (TPSA) is 149 Å². The van der Waals surface area contributed by atoms with Crippen molar-refractivity contribution in [3.63, 3.8) is 0 Å². The first-order valence-corrected chi connectivity index (χ1v) is 6.21. The van der Waals surface area contributed by atoms with Gasteiger partial charge in [0, 0.05) is 0 Å². The Balaban J connectivity index is 5.79. The molecule has 0 radical (unpaired) electrons. The average Bonchev–Trinajstić information content (AvgIpc) is 1.97. The molecule has 14 heavy (non-hydrogen) atoms. The van der Waals surface area contributed by atoms with Gasteiger partial charge in [-0.15, -0.1) is 0 Å². The Morgan fingerprint density at radius 3 is 1.50 bits per heavy atom. The lowest BCUT2D eigenvalue weighted by Crippen LogP contribution is -2.54. The maximum Gasteiger partial charge on any atom is 0.344 e. The average molecular weight is 250 g/mol. The van der Waals surface area contributed by atoms with Gasteiger partial charge in [-0.2, -0.15) is 16.8 Å². The number of hydrogen-bond donors (Lipinski definition) is 4. The van der Waals surface area contributed by atoms with Crippen molar-refractivity contribution in [3.05, 3.63) is 0 Å². The van der Waals surface area contributed by atoms with E-state index in [2.05, 4.69) is 0 Å². The van der Waals surface area contributed by atoms with Gasteiger partial charge in [-0.05, 0) is 6.42 Å². The van der Waals surface area contributed by atoms with E-state index >= 15 is 0 Å². The molecule has 0 aromatic rings. The molecule has 1 atom stereocenters. The van der Waals surface area contributed by atoms with Gasteiger partial charge in [-0.3, -0.25) is 9.11 Å². The Morgan fingerprint density at radius 1 is 1.14 bits per heavy atom. The Kier molecular flexibility index (Phi) is 3.65. The summed E-state index contributed by atoms with van der Waals surface area (Å²) in [5.74, 6) is 0. The maximum absolute atomic E-state index is 10.5. The van der Waals surface area contributed by atoms with Crippen LogP contribution in [0.25, 0.3) is 0 Å². The Hall–Kier alpha value is -0.260. The monoisotopic (exact) mass is 250 g/mol. The van der Waals surface area contributed by atoms with Crippen LogP contribution in [0.2, 0.25) is 0 Å². The van der Waals surface area contributed by atoms with Gasteiger partial charge >= 0.3 is 24.5 Å². The lowest BCUT2D eigenvalue weighted by Gasteiger charge is -2.25. The highest BCUT2D eigenvalue weighted by Gasteiger charge is 2.58. The largest absolute Gasteiger partial charge is 0.388 e. The zero-order valence-electron chi connectivity index (χ0n) is 7.02. The van der Waals surface area contributed by atoms with Crippen LogP contribution in [0.4, 0.5) is 0 Å². The molecule has 0 saturated heterocycles. The highest BCUT2D eigenvalue weighted by Crippen LogP contribution is 2.25. The summed E-state index contributed by atoms with van der Waals surface area (Å²) in [7, 11) is -11.1. The molecule has 1 unspecified atom stereocenters. The van der Waals surface area contributed by atoms with Crippen molar-refractivity contribution < 1.29 is 36.2 Å². The van der Waals surface area contributed by atoms with E-state index in [4.69, 9.17) is 19.3 Å². The first-order valence-electron chi connectivity index (χ1n) is 3.33. The fraction of sp³-hybridized carbons (Fsp3) is 1.00. The highest BCUT2D eigenvalue weighted by atomic mass is 32.3. The minimum atomic E-state index is -5.57. The number of rotatable bonds is 4. The second-order valence-electron chi connectivity index (χ2n) is 2.50. The third-order valence-electron chi connectivity index (χ3n) is 1.55. The molecule has 0 heterocycles. The summed E-state index contributed by atoms with van der Waals surface area (Å²) in [5.41, 5.74) is 0. The quantitative estimate of drug-likeness (QED) is 0.426. The summed E-state index contributed by atoms with van der Waals surface area (Å²) in [5, 5.41) is 17.9. The van der Waals surface area contributed by atoms with Crippen LogP contribution in [-0.4, -0.2) is 46.5 Å². The Bertz CT molecular complexity index is 359. The van der Waals surface area contributed by atoms with Crippen molar-refractivity contribution in [1.29, 1.82) is 0 Å². The van der Waals surface area contributed by atoms with Gasteiger partial charge < -0.3 is 10.2 Å². The minimum Gasteiger partial charge on any atom is -0.388 e. The van der Waals surface area contributed by atoms with Crippen LogP contribution in [-0.2, 0) is 20.2 Å². The third-order valence-corrected chi connectivity index (χ3v) is 4.83. The number of aliphatic hydroxyl groups is 2. The van der Waals surface area contributed by atoms with Crippen LogP contribution in [0, 0.1) is 0 Å². The van der Waals surface area contributed by atoms with Crippen molar-refractivity contribution in [1.82, 2.24) is 0 Å². The van der Waals surface area contributed by atoms with Crippen molar-refractivity contribution in [2.75, 3.05) is 0 Å². The molecular formula is C4H10O8S2. The lowest BCUT2D eigenvalue weighted by molar-refractivity contribution is 0.0267. The summed E-state index contributed by atoms with van der Waals surface area (Å²) in [6.45, 7) is 1.14. The molecule has 0 fully saturated rings. The van der Waals surface area contributed by atoms with Crippen LogP contribution in [0.3, 0.4) is 0 Å². The van der Waals surface area contributed by atoms with Crippen molar-refractivity contribution in [2.24, 2.45) is 0 Å². The minimum absolute atomic E-state index is 0.504. The van der Waals surface area contributed by atoms with Gasteiger partial charge in [0.2, 0.25) is 0 Å². The van der Waals surface area contributed by atoms with Crippen LogP contribution < -0.4 is 0 Å². The standard InChI is InChI=1S/C4H10O8S2/c1-2-3(5)4(6,13(7,8)9)14(10,11)12/h3,5-6H,2H2,1H3,(H,7,8,9)(H,10,11,12). The predicted octanol–water partition coefficient (Wildman–Crippen LogP) is -1.82. The van der Waals surface area contributed by atoms with E-state index in [-0.39, 0.29) is 0 Å². The summed E-state index contributed by atoms with van der Waals surface area (Å²) in [4.78, 5) is 0. The van der Waals surface area contributed by atoms with E-state index < -0.39 is 37.0 Å². The molecule has 0 aliphatic heterocycles. The third kappa shape index (κ3) is 2.04. The molecule has 0 amide bonds. The van der Waals surface area contributed by atoms with Gasteiger partial charge in [0.1, 0.15) is 6.10 Å². The fourth-order valence-corrected chi connectivity index (χ4v) is 2.82. The normalized spacial score (nSPS) is 16.6. The molecule has 0 aromatic heterocycles. The van der Waals surface area contributed by atoms with Crippen molar-refractivity contribution in [2.45, 2.75) is 23.7 Å². The van der Waals surface area contributed by atoms with E-state index in [1.54, 1.807) is 0 Å². The summed E-state index contributed by atoms with van der Waals surface area (Å²) in [6.07, 6.45) is -2.86. The molecule has 0 saturated carbocycles. The Morgan fingerprint density at radius 2 is 1.43 bits per heavy atom. The van der Waals surface area contributed by atoms with E-state index in [1.165, 1.54) is 0 Å². The molecule has 10 heteroatoms. The summed E-state index contributed by atoms with van der Waals surface area (Å²) >= 11 is 0. The molecule has 0 bridgehead atoms. The molecular weight excluding hydrogens is 240 g/mol. The predicted molar refractivity (Wildman–Crippen MR) is 44.3 cm³/mol. The van der Waals surface area contributed by atoms with E-state index in [0.717, 1.165) is 6.92 Å². The molecule has 0 aliphatic carbocycles. The fourth-order valence-electron chi connectivity index (χ4n) is 0.735. The summed E-state index contributed by atoms with van der Waals surface area (Å²) < 4.78 is 54.8. The van der Waals surface area contributed by atoms with Gasteiger partial charge in [0.25, 0.3) is 0 Å².